The normalized spacial score (nSPS) is 22.7. The lowest BCUT2D eigenvalue weighted by Crippen LogP contribution is -2.51. The van der Waals surface area contributed by atoms with Crippen molar-refractivity contribution in [2.45, 2.75) is 25.8 Å². The second-order valence-electron chi connectivity index (χ2n) is 5.12. The lowest BCUT2D eigenvalue weighted by Gasteiger charge is -2.38. The van der Waals surface area contributed by atoms with Gasteiger partial charge in [-0.2, -0.15) is 0 Å². The van der Waals surface area contributed by atoms with Gasteiger partial charge in [-0.1, -0.05) is 6.92 Å². The molecule has 2 rings (SSSR count). The number of rotatable bonds is 2. The van der Waals surface area contributed by atoms with Gasteiger partial charge in [0.15, 0.2) is 0 Å². The zero-order chi connectivity index (χ0) is 14.7. The molecule has 2 atom stereocenters. The number of carbonyl (C=O) groups is 1. The van der Waals surface area contributed by atoms with Crippen LogP contribution in [0.3, 0.4) is 0 Å². The second kappa shape index (κ2) is 6.54. The third-order valence-corrected chi connectivity index (χ3v) is 4.39. The Bertz CT molecular complexity index is 498. The molecule has 1 aromatic carbocycles. The van der Waals surface area contributed by atoms with E-state index in [4.69, 9.17) is 0 Å². The summed E-state index contributed by atoms with van der Waals surface area (Å²) in [6, 6.07) is 3.69. The molecular weight excluding hydrogens is 327 g/mol. The van der Waals surface area contributed by atoms with Gasteiger partial charge in [-0.3, -0.25) is 0 Å². The minimum Gasteiger partial charge on any atom is -0.394 e. The van der Waals surface area contributed by atoms with E-state index in [9.17, 15) is 14.3 Å². The van der Waals surface area contributed by atoms with Gasteiger partial charge >= 0.3 is 6.03 Å². The summed E-state index contributed by atoms with van der Waals surface area (Å²) in [5, 5.41) is 12.2. The first-order valence-corrected chi connectivity index (χ1v) is 7.45. The molecule has 1 aliphatic heterocycles. The summed E-state index contributed by atoms with van der Waals surface area (Å²) in [5.41, 5.74) is 0.520. The number of carbonyl (C=O) groups excluding carboxylic acids is 1. The van der Waals surface area contributed by atoms with Crippen LogP contribution in [0, 0.1) is 11.7 Å². The molecule has 0 saturated carbocycles. The number of anilines is 1. The smallest absolute Gasteiger partial charge is 0.322 e. The summed E-state index contributed by atoms with van der Waals surface area (Å²) in [4.78, 5) is 14.0. The Labute approximate surface area is 126 Å². The largest absolute Gasteiger partial charge is 0.394 e. The van der Waals surface area contributed by atoms with E-state index >= 15 is 0 Å². The quantitative estimate of drug-likeness (QED) is 0.865. The van der Waals surface area contributed by atoms with Gasteiger partial charge in [0, 0.05) is 11.0 Å². The van der Waals surface area contributed by atoms with Gasteiger partial charge in [-0.15, -0.1) is 0 Å². The third kappa shape index (κ3) is 3.30. The third-order valence-electron chi connectivity index (χ3n) is 3.74. The highest BCUT2D eigenvalue weighted by Gasteiger charge is 2.31. The number of halogens is 2. The summed E-state index contributed by atoms with van der Waals surface area (Å²) >= 11 is 3.22. The molecular formula is C14H18BrFN2O2. The van der Waals surface area contributed by atoms with E-state index in [1.165, 1.54) is 18.2 Å². The van der Waals surface area contributed by atoms with Crippen LogP contribution >= 0.6 is 15.9 Å². The number of aliphatic hydroxyl groups excluding tert-OH is 1. The predicted molar refractivity (Wildman–Crippen MR) is 79.1 cm³/mol. The lowest BCUT2D eigenvalue weighted by molar-refractivity contribution is 0.0811. The average Bonchev–Trinajstić information content (AvgIpc) is 2.41. The van der Waals surface area contributed by atoms with Crippen LogP contribution in [0.25, 0.3) is 0 Å². The molecule has 20 heavy (non-hydrogen) atoms. The molecule has 0 aromatic heterocycles. The fraction of sp³-hybridized carbons (Fsp3) is 0.500. The zero-order valence-electron chi connectivity index (χ0n) is 11.3. The van der Waals surface area contributed by atoms with Crippen molar-refractivity contribution in [1.29, 1.82) is 0 Å². The van der Waals surface area contributed by atoms with Crippen LogP contribution in [0.5, 0.6) is 0 Å². The van der Waals surface area contributed by atoms with Crippen molar-refractivity contribution in [3.05, 3.63) is 28.5 Å². The Morgan fingerprint density at radius 2 is 2.35 bits per heavy atom. The van der Waals surface area contributed by atoms with Crippen LogP contribution in [-0.2, 0) is 0 Å². The molecule has 0 radical (unpaired) electrons. The molecule has 0 bridgehead atoms. The van der Waals surface area contributed by atoms with Gasteiger partial charge in [-0.05, 0) is 52.9 Å². The van der Waals surface area contributed by atoms with Crippen LogP contribution in [0.15, 0.2) is 22.7 Å². The zero-order valence-corrected chi connectivity index (χ0v) is 12.9. The summed E-state index contributed by atoms with van der Waals surface area (Å²) in [6.07, 6.45) is 1.94. The minimum atomic E-state index is -0.366. The van der Waals surface area contributed by atoms with Gasteiger partial charge in [0.2, 0.25) is 0 Å². The number of nitrogens with one attached hydrogen (secondary N) is 1. The Morgan fingerprint density at radius 1 is 1.60 bits per heavy atom. The number of piperidine rings is 1. The monoisotopic (exact) mass is 344 g/mol. The fourth-order valence-corrected chi connectivity index (χ4v) is 3.01. The number of aliphatic hydroxyl groups is 1. The maximum Gasteiger partial charge on any atom is 0.322 e. The molecule has 6 heteroatoms. The summed E-state index contributed by atoms with van der Waals surface area (Å²) in [6.45, 7) is 2.62. The van der Waals surface area contributed by atoms with Gasteiger partial charge in [0.05, 0.1) is 18.3 Å². The van der Waals surface area contributed by atoms with E-state index < -0.39 is 0 Å². The molecule has 2 unspecified atom stereocenters. The topological polar surface area (TPSA) is 52.6 Å². The number of urea groups is 1. The predicted octanol–water partition coefficient (Wildman–Crippen LogP) is 3.21. The Hall–Kier alpha value is -1.14. The van der Waals surface area contributed by atoms with Gasteiger partial charge < -0.3 is 15.3 Å². The summed E-state index contributed by atoms with van der Waals surface area (Å²) < 4.78 is 13.5. The summed E-state index contributed by atoms with van der Waals surface area (Å²) in [7, 11) is 0. The molecule has 4 nitrogen and oxygen atoms in total. The molecule has 110 valence electrons. The standard InChI is InChI=1S/C14H18BrFN2O2/c1-9-3-2-6-18(13(9)8-19)14(20)17-12-5-4-10(16)7-11(12)15/h4-5,7,9,13,19H,2-3,6,8H2,1H3,(H,17,20). The first-order valence-electron chi connectivity index (χ1n) is 6.66. The Balaban J connectivity index is 2.10. The van der Waals surface area contributed by atoms with Crippen LogP contribution in [0.4, 0.5) is 14.9 Å². The van der Waals surface area contributed by atoms with Crippen molar-refractivity contribution in [2.24, 2.45) is 5.92 Å². The molecule has 0 aliphatic carbocycles. The van der Waals surface area contributed by atoms with E-state index in [1.54, 1.807) is 4.90 Å². The maximum atomic E-state index is 13.0. The van der Waals surface area contributed by atoms with Crippen molar-refractivity contribution < 1.29 is 14.3 Å². The molecule has 2 amide bonds. The SMILES string of the molecule is CC1CCCN(C(=O)Nc2ccc(F)cc2Br)C1CO. The molecule has 1 heterocycles. The Morgan fingerprint density at radius 3 is 3.00 bits per heavy atom. The van der Waals surface area contributed by atoms with Gasteiger partial charge in [-0.25, -0.2) is 9.18 Å². The van der Waals surface area contributed by atoms with Crippen molar-refractivity contribution in [1.82, 2.24) is 4.90 Å². The molecule has 1 aromatic rings. The first kappa shape index (κ1) is 15.3. The number of hydrogen-bond acceptors (Lipinski definition) is 2. The highest BCUT2D eigenvalue weighted by atomic mass is 79.9. The van der Waals surface area contributed by atoms with Crippen molar-refractivity contribution in [2.75, 3.05) is 18.5 Å². The van der Waals surface area contributed by atoms with Crippen LogP contribution < -0.4 is 5.32 Å². The average molecular weight is 345 g/mol. The van der Waals surface area contributed by atoms with E-state index in [-0.39, 0.29) is 30.4 Å². The molecule has 0 spiro atoms. The summed E-state index contributed by atoms with van der Waals surface area (Å²) in [5.74, 6) is -0.0918. The highest BCUT2D eigenvalue weighted by molar-refractivity contribution is 9.10. The first-order chi connectivity index (χ1) is 9.52. The number of hydrogen-bond donors (Lipinski definition) is 2. The van der Waals surface area contributed by atoms with E-state index in [2.05, 4.69) is 21.2 Å². The van der Waals surface area contributed by atoms with Crippen molar-refractivity contribution in [3.63, 3.8) is 0 Å². The van der Waals surface area contributed by atoms with Crippen LogP contribution in [0.2, 0.25) is 0 Å². The van der Waals surface area contributed by atoms with E-state index in [0.717, 1.165) is 12.8 Å². The van der Waals surface area contributed by atoms with Crippen molar-refractivity contribution in [3.8, 4) is 0 Å². The maximum absolute atomic E-state index is 13.0. The van der Waals surface area contributed by atoms with Gasteiger partial charge in [0.25, 0.3) is 0 Å². The minimum absolute atomic E-state index is 0.0425. The molecule has 1 fully saturated rings. The van der Waals surface area contributed by atoms with Crippen LogP contribution in [-0.4, -0.2) is 35.2 Å². The molecule has 2 N–H and O–H groups in total. The number of nitrogens with zero attached hydrogens (tertiary/aromatic N) is 1. The molecule has 1 saturated heterocycles. The second-order valence-corrected chi connectivity index (χ2v) is 5.97. The number of likely N-dealkylation sites (tertiary alicyclic amines) is 1. The Kier molecular flexibility index (Phi) is 4.99. The van der Waals surface area contributed by atoms with Crippen LogP contribution in [0.1, 0.15) is 19.8 Å². The molecule has 1 aliphatic rings. The lowest BCUT2D eigenvalue weighted by atomic mass is 9.91. The number of benzene rings is 1. The van der Waals surface area contributed by atoms with E-state index in [0.29, 0.717) is 16.7 Å². The van der Waals surface area contributed by atoms with Crippen molar-refractivity contribution >= 4 is 27.6 Å². The van der Waals surface area contributed by atoms with Gasteiger partial charge in [0.1, 0.15) is 5.82 Å². The highest BCUT2D eigenvalue weighted by Crippen LogP contribution is 2.26. The fourth-order valence-electron chi connectivity index (χ4n) is 2.56. The van der Waals surface area contributed by atoms with E-state index in [1.807, 2.05) is 6.92 Å². The number of amides is 2.